The highest BCUT2D eigenvalue weighted by Crippen LogP contribution is 2.62. The van der Waals surface area contributed by atoms with Gasteiger partial charge in [-0.2, -0.15) is 0 Å². The van der Waals surface area contributed by atoms with Gasteiger partial charge < -0.3 is 14.2 Å². The standard InChI is InChI=1S/C23H34O5/c1-6-7-8-9-20(24)26-14-21(25)27-19-13-23(15(2)3)12-17-16(4)10-11-18(17)22(19,5)28-23/h1,15-19H,7-14H2,2-5H3/t16?,17-,18?,19?,22+,23?/m1/s1. The lowest BCUT2D eigenvalue weighted by atomic mass is 9.72. The first-order chi connectivity index (χ1) is 13.2. The van der Waals surface area contributed by atoms with Crippen molar-refractivity contribution in [3.63, 3.8) is 0 Å². The molecule has 3 aliphatic rings. The van der Waals surface area contributed by atoms with Crippen molar-refractivity contribution < 1.29 is 23.8 Å². The van der Waals surface area contributed by atoms with Crippen LogP contribution in [0.15, 0.2) is 0 Å². The summed E-state index contributed by atoms with van der Waals surface area (Å²) < 4.78 is 17.6. The molecule has 0 aromatic rings. The molecule has 2 aliphatic heterocycles. The number of terminal acetylenes is 1. The Balaban J connectivity index is 1.63. The Kier molecular flexibility index (Phi) is 6.10. The van der Waals surface area contributed by atoms with Crippen molar-refractivity contribution in [2.45, 2.75) is 89.9 Å². The average Bonchev–Trinajstić information content (AvgIpc) is 3.11. The fourth-order valence-corrected chi connectivity index (χ4v) is 5.71. The van der Waals surface area contributed by atoms with Crippen molar-refractivity contribution in [2.75, 3.05) is 6.61 Å². The molecule has 0 N–H and O–H groups in total. The minimum atomic E-state index is -0.492. The second kappa shape index (κ2) is 8.06. The quantitative estimate of drug-likeness (QED) is 0.375. The zero-order valence-electron chi connectivity index (χ0n) is 17.7. The van der Waals surface area contributed by atoms with Crippen LogP contribution in [0.2, 0.25) is 0 Å². The molecule has 0 amide bonds. The zero-order valence-corrected chi connectivity index (χ0v) is 17.7. The normalized spacial score (nSPS) is 38.7. The van der Waals surface area contributed by atoms with Gasteiger partial charge in [-0.15, -0.1) is 12.3 Å². The van der Waals surface area contributed by atoms with E-state index in [1.807, 2.05) is 0 Å². The molecule has 2 bridgehead atoms. The molecule has 0 radical (unpaired) electrons. The van der Waals surface area contributed by atoms with Crippen molar-refractivity contribution in [3.05, 3.63) is 0 Å². The summed E-state index contributed by atoms with van der Waals surface area (Å²) in [5, 5.41) is 0. The summed E-state index contributed by atoms with van der Waals surface area (Å²) in [6.07, 6.45) is 10.3. The van der Waals surface area contributed by atoms with E-state index in [0.29, 0.717) is 36.5 Å². The molecule has 0 aromatic heterocycles. The SMILES string of the molecule is C#CCCCC(=O)OCC(=O)OC1CC2(C(C)C)C[C@@H]3C(C)CCC3[C@]1(C)O2. The van der Waals surface area contributed by atoms with Crippen LogP contribution in [-0.2, 0) is 23.8 Å². The highest BCUT2D eigenvalue weighted by Gasteiger charge is 2.66. The Morgan fingerprint density at radius 2 is 2.00 bits per heavy atom. The number of rotatable bonds is 7. The number of carbonyl (C=O) groups is 2. The van der Waals surface area contributed by atoms with Crippen LogP contribution < -0.4 is 0 Å². The highest BCUT2D eigenvalue weighted by atomic mass is 16.6. The van der Waals surface area contributed by atoms with Crippen LogP contribution in [0.1, 0.15) is 72.6 Å². The third-order valence-corrected chi connectivity index (χ3v) is 7.47. The zero-order chi connectivity index (χ0) is 20.5. The van der Waals surface area contributed by atoms with Gasteiger partial charge >= 0.3 is 11.9 Å². The molecule has 3 rings (SSSR count). The Morgan fingerprint density at radius 1 is 1.25 bits per heavy atom. The molecule has 4 unspecified atom stereocenters. The lowest BCUT2D eigenvalue weighted by Crippen LogP contribution is -2.53. The van der Waals surface area contributed by atoms with Crippen LogP contribution in [0, 0.1) is 36.0 Å². The third-order valence-electron chi connectivity index (χ3n) is 7.47. The summed E-state index contributed by atoms with van der Waals surface area (Å²) in [5.74, 6) is 3.66. The van der Waals surface area contributed by atoms with E-state index in [9.17, 15) is 9.59 Å². The summed E-state index contributed by atoms with van der Waals surface area (Å²) in [6, 6.07) is 0. The predicted octanol–water partition coefficient (Wildman–Crippen LogP) is 3.88. The molecule has 5 heteroatoms. The van der Waals surface area contributed by atoms with E-state index < -0.39 is 17.5 Å². The first kappa shape index (κ1) is 21.2. The van der Waals surface area contributed by atoms with Crippen LogP contribution >= 0.6 is 0 Å². The van der Waals surface area contributed by atoms with Gasteiger partial charge in [-0.05, 0) is 49.9 Å². The summed E-state index contributed by atoms with van der Waals surface area (Å²) >= 11 is 0. The molecule has 1 saturated carbocycles. The van der Waals surface area contributed by atoms with Crippen molar-refractivity contribution in [1.82, 2.24) is 0 Å². The lowest BCUT2D eigenvalue weighted by Gasteiger charge is -2.48. The van der Waals surface area contributed by atoms with E-state index in [-0.39, 0.29) is 24.7 Å². The number of ether oxygens (including phenoxy) is 3. The van der Waals surface area contributed by atoms with E-state index in [0.717, 1.165) is 19.3 Å². The van der Waals surface area contributed by atoms with Crippen molar-refractivity contribution >= 4 is 11.9 Å². The monoisotopic (exact) mass is 390 g/mol. The van der Waals surface area contributed by atoms with Crippen LogP contribution in [-0.4, -0.2) is 35.9 Å². The largest absolute Gasteiger partial charge is 0.457 e. The maximum absolute atomic E-state index is 12.4. The lowest BCUT2D eigenvalue weighted by molar-refractivity contribution is -0.215. The number of esters is 2. The molecular formula is C23H34O5. The van der Waals surface area contributed by atoms with Crippen LogP contribution in [0.3, 0.4) is 0 Å². The number of unbranched alkanes of at least 4 members (excludes halogenated alkanes) is 1. The molecule has 156 valence electrons. The first-order valence-electron chi connectivity index (χ1n) is 10.7. The number of hydrogen-bond acceptors (Lipinski definition) is 5. The fraction of sp³-hybridized carbons (Fsp3) is 0.826. The van der Waals surface area contributed by atoms with Crippen molar-refractivity contribution in [2.24, 2.45) is 23.7 Å². The van der Waals surface area contributed by atoms with E-state index in [2.05, 4.69) is 33.6 Å². The summed E-state index contributed by atoms with van der Waals surface area (Å²) in [4.78, 5) is 24.1. The van der Waals surface area contributed by atoms with E-state index in [1.165, 1.54) is 6.42 Å². The summed E-state index contributed by atoms with van der Waals surface area (Å²) in [7, 11) is 0. The van der Waals surface area contributed by atoms with Crippen molar-refractivity contribution in [3.8, 4) is 12.3 Å². The van der Waals surface area contributed by atoms with E-state index >= 15 is 0 Å². The van der Waals surface area contributed by atoms with Gasteiger partial charge in [-0.3, -0.25) is 4.79 Å². The van der Waals surface area contributed by atoms with Gasteiger partial charge in [0.25, 0.3) is 0 Å². The second-order valence-electron chi connectivity index (χ2n) is 9.44. The average molecular weight is 391 g/mol. The molecule has 5 nitrogen and oxygen atoms in total. The van der Waals surface area contributed by atoms with E-state index in [4.69, 9.17) is 20.6 Å². The fourth-order valence-electron chi connectivity index (χ4n) is 5.71. The van der Waals surface area contributed by atoms with Crippen LogP contribution in [0.25, 0.3) is 0 Å². The predicted molar refractivity (Wildman–Crippen MR) is 105 cm³/mol. The van der Waals surface area contributed by atoms with Crippen LogP contribution in [0.5, 0.6) is 0 Å². The van der Waals surface area contributed by atoms with Gasteiger partial charge in [-0.1, -0.05) is 27.2 Å². The second-order valence-corrected chi connectivity index (χ2v) is 9.44. The van der Waals surface area contributed by atoms with Gasteiger partial charge in [0.1, 0.15) is 11.7 Å². The summed E-state index contributed by atoms with van der Waals surface area (Å²) in [6.45, 7) is 8.51. The van der Waals surface area contributed by atoms with Gasteiger partial charge in [0.2, 0.25) is 0 Å². The van der Waals surface area contributed by atoms with Gasteiger partial charge in [-0.25, -0.2) is 4.79 Å². The van der Waals surface area contributed by atoms with Crippen molar-refractivity contribution in [1.29, 1.82) is 0 Å². The molecule has 3 fully saturated rings. The maximum Gasteiger partial charge on any atom is 0.344 e. The third kappa shape index (κ3) is 3.81. The Labute approximate surface area is 168 Å². The van der Waals surface area contributed by atoms with Gasteiger partial charge in [0.05, 0.1) is 5.60 Å². The maximum atomic E-state index is 12.4. The van der Waals surface area contributed by atoms with Gasteiger partial charge in [0.15, 0.2) is 6.61 Å². The Morgan fingerprint density at radius 3 is 2.68 bits per heavy atom. The highest BCUT2D eigenvalue weighted by molar-refractivity contribution is 5.76. The topological polar surface area (TPSA) is 61.8 Å². The van der Waals surface area contributed by atoms with Gasteiger partial charge in [0, 0.05) is 19.3 Å². The Bertz CT molecular complexity index is 650. The smallest absolute Gasteiger partial charge is 0.344 e. The molecule has 6 atom stereocenters. The van der Waals surface area contributed by atoms with Crippen LogP contribution in [0.4, 0.5) is 0 Å². The minimum absolute atomic E-state index is 0.222. The number of fused-ring (bicyclic) bond motifs is 4. The molecule has 28 heavy (non-hydrogen) atoms. The molecule has 0 aromatic carbocycles. The first-order valence-corrected chi connectivity index (χ1v) is 10.7. The number of hydrogen-bond donors (Lipinski definition) is 0. The molecular weight excluding hydrogens is 356 g/mol. The number of carbonyl (C=O) groups excluding carboxylic acids is 2. The van der Waals surface area contributed by atoms with E-state index in [1.54, 1.807) is 0 Å². The minimum Gasteiger partial charge on any atom is -0.457 e. The molecule has 1 aliphatic carbocycles. The molecule has 0 spiro atoms. The Hall–Kier alpha value is -1.54. The summed E-state index contributed by atoms with van der Waals surface area (Å²) in [5.41, 5.74) is -0.685. The molecule has 2 saturated heterocycles. The molecule has 2 heterocycles.